The maximum absolute atomic E-state index is 12.1. The second-order valence-electron chi connectivity index (χ2n) is 4.94. The van der Waals surface area contributed by atoms with Crippen LogP contribution in [0.15, 0.2) is 18.2 Å². The first kappa shape index (κ1) is 13.5. The molecule has 5 nitrogen and oxygen atoms in total. The number of para-hydroxylation sites is 1. The van der Waals surface area contributed by atoms with E-state index in [0.29, 0.717) is 12.1 Å². The maximum atomic E-state index is 12.1. The first-order valence-corrected chi connectivity index (χ1v) is 6.46. The standard InChI is InChI=1S/C14H20N4O/c1-10-16-12-7-4-6-11(13(12)17-10)14(19)15-8-5-9-18(2)3/h4,6-7H,5,8-9H2,1-3H3,(H,15,19)(H,16,17). The monoisotopic (exact) mass is 260 g/mol. The lowest BCUT2D eigenvalue weighted by Gasteiger charge is -2.10. The van der Waals surface area contributed by atoms with E-state index in [1.54, 1.807) is 0 Å². The fourth-order valence-corrected chi connectivity index (χ4v) is 2.03. The van der Waals surface area contributed by atoms with E-state index in [1.807, 2.05) is 39.2 Å². The van der Waals surface area contributed by atoms with Crippen LogP contribution in [0.3, 0.4) is 0 Å². The van der Waals surface area contributed by atoms with Crippen molar-refractivity contribution in [2.45, 2.75) is 13.3 Å². The molecule has 19 heavy (non-hydrogen) atoms. The largest absolute Gasteiger partial charge is 0.352 e. The van der Waals surface area contributed by atoms with Crippen LogP contribution in [0.5, 0.6) is 0 Å². The average Bonchev–Trinajstić information content (AvgIpc) is 2.73. The number of carbonyl (C=O) groups is 1. The number of nitrogens with zero attached hydrogens (tertiary/aromatic N) is 2. The molecule has 0 bridgehead atoms. The average molecular weight is 260 g/mol. The van der Waals surface area contributed by atoms with Crippen molar-refractivity contribution in [3.63, 3.8) is 0 Å². The summed E-state index contributed by atoms with van der Waals surface area (Å²) in [7, 11) is 4.05. The summed E-state index contributed by atoms with van der Waals surface area (Å²) in [5, 5.41) is 2.94. The number of amides is 1. The predicted molar refractivity (Wildman–Crippen MR) is 76.3 cm³/mol. The quantitative estimate of drug-likeness (QED) is 0.802. The van der Waals surface area contributed by atoms with Crippen molar-refractivity contribution in [2.75, 3.05) is 27.2 Å². The van der Waals surface area contributed by atoms with Crippen LogP contribution in [0.2, 0.25) is 0 Å². The van der Waals surface area contributed by atoms with Crippen LogP contribution >= 0.6 is 0 Å². The van der Waals surface area contributed by atoms with E-state index < -0.39 is 0 Å². The zero-order valence-corrected chi connectivity index (χ0v) is 11.7. The Morgan fingerprint density at radius 2 is 2.21 bits per heavy atom. The molecule has 1 aromatic carbocycles. The van der Waals surface area contributed by atoms with Gasteiger partial charge in [-0.1, -0.05) is 6.07 Å². The summed E-state index contributed by atoms with van der Waals surface area (Å²) in [4.78, 5) is 21.7. The van der Waals surface area contributed by atoms with Crippen LogP contribution in [-0.4, -0.2) is 48.0 Å². The third kappa shape index (κ3) is 3.32. The molecule has 0 saturated heterocycles. The third-order valence-corrected chi connectivity index (χ3v) is 2.94. The molecule has 2 aromatic rings. The normalized spacial score (nSPS) is 11.2. The molecule has 0 aliphatic heterocycles. The number of H-pyrrole nitrogens is 1. The van der Waals surface area contributed by atoms with E-state index >= 15 is 0 Å². The van der Waals surface area contributed by atoms with Gasteiger partial charge >= 0.3 is 0 Å². The molecule has 2 rings (SSSR count). The van der Waals surface area contributed by atoms with E-state index in [2.05, 4.69) is 20.2 Å². The van der Waals surface area contributed by atoms with Crippen LogP contribution in [-0.2, 0) is 0 Å². The summed E-state index contributed by atoms with van der Waals surface area (Å²) in [5.74, 6) is 0.763. The fourth-order valence-electron chi connectivity index (χ4n) is 2.03. The van der Waals surface area contributed by atoms with Crippen LogP contribution in [0.25, 0.3) is 11.0 Å². The van der Waals surface area contributed by atoms with Gasteiger partial charge in [-0.15, -0.1) is 0 Å². The molecule has 0 unspecified atom stereocenters. The minimum absolute atomic E-state index is 0.0594. The van der Waals surface area contributed by atoms with Gasteiger partial charge in [0.05, 0.1) is 11.1 Å². The van der Waals surface area contributed by atoms with Crippen molar-refractivity contribution >= 4 is 16.9 Å². The maximum Gasteiger partial charge on any atom is 0.253 e. The molecule has 1 heterocycles. The molecule has 0 aliphatic rings. The SMILES string of the molecule is Cc1nc2c(C(=O)NCCCN(C)C)cccc2[nH]1. The Morgan fingerprint density at radius 3 is 2.95 bits per heavy atom. The van der Waals surface area contributed by atoms with Crippen LogP contribution in [0.1, 0.15) is 22.6 Å². The zero-order valence-electron chi connectivity index (χ0n) is 11.7. The molecule has 2 N–H and O–H groups in total. The van der Waals surface area contributed by atoms with Gasteiger partial charge in [-0.3, -0.25) is 4.79 Å². The summed E-state index contributed by atoms with van der Waals surface area (Å²) in [6, 6.07) is 5.61. The number of aryl methyl sites for hydroxylation is 1. The molecule has 0 aliphatic carbocycles. The van der Waals surface area contributed by atoms with Crippen LogP contribution < -0.4 is 5.32 Å². The van der Waals surface area contributed by atoms with Crippen molar-refractivity contribution < 1.29 is 4.79 Å². The summed E-state index contributed by atoms with van der Waals surface area (Å²) < 4.78 is 0. The van der Waals surface area contributed by atoms with E-state index in [-0.39, 0.29) is 5.91 Å². The van der Waals surface area contributed by atoms with Crippen LogP contribution in [0.4, 0.5) is 0 Å². The van der Waals surface area contributed by atoms with Crippen molar-refractivity contribution in [3.05, 3.63) is 29.6 Å². The number of aromatic amines is 1. The van der Waals surface area contributed by atoms with Gasteiger partial charge in [-0.25, -0.2) is 4.98 Å². The predicted octanol–water partition coefficient (Wildman–Crippen LogP) is 1.55. The molecule has 0 atom stereocenters. The summed E-state index contributed by atoms with van der Waals surface area (Å²) in [6.45, 7) is 3.53. The highest BCUT2D eigenvalue weighted by Crippen LogP contribution is 2.16. The van der Waals surface area contributed by atoms with Crippen molar-refractivity contribution in [1.82, 2.24) is 20.2 Å². The lowest BCUT2D eigenvalue weighted by molar-refractivity contribution is 0.0954. The van der Waals surface area contributed by atoms with Gasteiger partial charge in [0.1, 0.15) is 11.3 Å². The zero-order chi connectivity index (χ0) is 13.8. The Hall–Kier alpha value is -1.88. The highest BCUT2D eigenvalue weighted by molar-refractivity contribution is 6.04. The Kier molecular flexibility index (Phi) is 4.16. The molecule has 1 aromatic heterocycles. The Morgan fingerprint density at radius 1 is 1.42 bits per heavy atom. The van der Waals surface area contributed by atoms with Gasteiger partial charge in [-0.2, -0.15) is 0 Å². The molecule has 1 amide bonds. The molecule has 0 saturated carbocycles. The summed E-state index contributed by atoms with van der Waals surface area (Å²) in [5.41, 5.74) is 2.27. The number of rotatable bonds is 5. The lowest BCUT2D eigenvalue weighted by Crippen LogP contribution is -2.27. The first-order valence-electron chi connectivity index (χ1n) is 6.46. The number of hydrogen-bond donors (Lipinski definition) is 2. The van der Waals surface area contributed by atoms with E-state index in [0.717, 1.165) is 29.8 Å². The van der Waals surface area contributed by atoms with Gasteiger partial charge in [0.2, 0.25) is 0 Å². The minimum atomic E-state index is -0.0594. The number of aromatic nitrogens is 2. The highest BCUT2D eigenvalue weighted by Gasteiger charge is 2.11. The lowest BCUT2D eigenvalue weighted by atomic mass is 10.1. The van der Waals surface area contributed by atoms with Gasteiger partial charge in [0, 0.05) is 6.54 Å². The second kappa shape index (κ2) is 5.84. The number of hydrogen-bond acceptors (Lipinski definition) is 3. The second-order valence-corrected chi connectivity index (χ2v) is 4.94. The molecular formula is C14H20N4O. The Labute approximate surface area is 113 Å². The molecule has 0 fully saturated rings. The van der Waals surface area contributed by atoms with Gasteiger partial charge < -0.3 is 15.2 Å². The summed E-state index contributed by atoms with van der Waals surface area (Å²) >= 11 is 0. The van der Waals surface area contributed by atoms with E-state index in [4.69, 9.17) is 0 Å². The fraction of sp³-hybridized carbons (Fsp3) is 0.429. The van der Waals surface area contributed by atoms with Crippen LogP contribution in [0, 0.1) is 6.92 Å². The Balaban J connectivity index is 2.05. The molecule has 0 spiro atoms. The van der Waals surface area contributed by atoms with E-state index in [1.165, 1.54) is 0 Å². The summed E-state index contributed by atoms with van der Waals surface area (Å²) in [6.07, 6.45) is 0.939. The molecule has 102 valence electrons. The molecule has 0 radical (unpaired) electrons. The van der Waals surface area contributed by atoms with Gasteiger partial charge in [0.25, 0.3) is 5.91 Å². The number of benzene rings is 1. The minimum Gasteiger partial charge on any atom is -0.352 e. The molecular weight excluding hydrogens is 240 g/mol. The van der Waals surface area contributed by atoms with Crippen molar-refractivity contribution in [3.8, 4) is 0 Å². The first-order chi connectivity index (χ1) is 9.08. The number of carbonyl (C=O) groups excluding carboxylic acids is 1. The number of fused-ring (bicyclic) bond motifs is 1. The molecule has 5 heteroatoms. The van der Waals surface area contributed by atoms with Crippen molar-refractivity contribution in [1.29, 1.82) is 0 Å². The van der Waals surface area contributed by atoms with Gasteiger partial charge in [0.15, 0.2) is 0 Å². The Bertz CT molecular complexity index is 574. The third-order valence-electron chi connectivity index (χ3n) is 2.94. The number of nitrogens with one attached hydrogen (secondary N) is 2. The topological polar surface area (TPSA) is 61.0 Å². The smallest absolute Gasteiger partial charge is 0.253 e. The van der Waals surface area contributed by atoms with Gasteiger partial charge in [-0.05, 0) is 46.1 Å². The van der Waals surface area contributed by atoms with Crippen molar-refractivity contribution in [2.24, 2.45) is 0 Å². The number of imidazole rings is 1. The highest BCUT2D eigenvalue weighted by atomic mass is 16.1. The van der Waals surface area contributed by atoms with E-state index in [9.17, 15) is 4.79 Å².